The molecule has 0 radical (unpaired) electrons. The third-order valence-corrected chi connectivity index (χ3v) is 4.01. The van der Waals surface area contributed by atoms with Gasteiger partial charge in [-0.25, -0.2) is 0 Å². The predicted molar refractivity (Wildman–Crippen MR) is 95.4 cm³/mol. The summed E-state index contributed by atoms with van der Waals surface area (Å²) in [5.41, 5.74) is 0.407. The van der Waals surface area contributed by atoms with Crippen molar-refractivity contribution in [1.29, 1.82) is 0 Å². The number of hydrogen-bond donors (Lipinski definition) is 2. The maximum absolute atomic E-state index is 11.7. The number of carbonyl (C=O) groups excluding carboxylic acids is 2. The Morgan fingerprint density at radius 2 is 1.88 bits per heavy atom. The highest BCUT2D eigenvalue weighted by atomic mass is 35.5. The van der Waals surface area contributed by atoms with Crippen molar-refractivity contribution in [3.63, 3.8) is 0 Å². The molecule has 2 N–H and O–H groups in total. The smallest absolute Gasteiger partial charge is 0.257 e. The third-order valence-electron chi connectivity index (χ3n) is 3.75. The van der Waals surface area contributed by atoms with Crippen LogP contribution in [-0.2, 0) is 14.3 Å². The van der Waals surface area contributed by atoms with Crippen LogP contribution in [0.1, 0.15) is 26.2 Å². The molecular weight excluding hydrogens is 344 g/mol. The Kier molecular flexibility index (Phi) is 6.84. The maximum Gasteiger partial charge on any atom is 0.257 e. The van der Waals surface area contributed by atoms with E-state index in [9.17, 15) is 9.59 Å². The number of carbonyl (C=O) groups is 2. The largest absolute Gasteiger partial charge is 0.484 e. The topological polar surface area (TPSA) is 76.7 Å². The molecule has 2 amide bonds. The molecule has 7 heteroatoms. The number of hydrogen-bond acceptors (Lipinski definition) is 4. The summed E-state index contributed by atoms with van der Waals surface area (Å²) in [6, 6.07) is 6.76. The highest BCUT2D eigenvalue weighted by Crippen LogP contribution is 2.38. The van der Waals surface area contributed by atoms with Gasteiger partial charge >= 0.3 is 0 Å². The molecule has 0 aromatic heterocycles. The predicted octanol–water partition coefficient (Wildman–Crippen LogP) is 2.42. The van der Waals surface area contributed by atoms with Crippen molar-refractivity contribution in [2.24, 2.45) is 0 Å². The van der Waals surface area contributed by atoms with E-state index in [0.29, 0.717) is 29.4 Å². The summed E-state index contributed by atoms with van der Waals surface area (Å²) in [4.78, 5) is 23.4. The highest BCUT2D eigenvalue weighted by Gasteiger charge is 2.38. The van der Waals surface area contributed by atoms with E-state index in [2.05, 4.69) is 17.2 Å². The van der Waals surface area contributed by atoms with E-state index in [1.165, 1.54) is 0 Å². The summed E-state index contributed by atoms with van der Waals surface area (Å²) >= 11 is 5.77. The fraction of sp³-hybridized carbons (Fsp3) is 0.444. The molecule has 0 unspecified atom stereocenters. The fourth-order valence-corrected chi connectivity index (χ4v) is 2.07. The monoisotopic (exact) mass is 366 g/mol. The number of benzene rings is 1. The summed E-state index contributed by atoms with van der Waals surface area (Å²) < 4.78 is 10.8. The molecule has 1 fully saturated rings. The molecule has 0 aliphatic heterocycles. The van der Waals surface area contributed by atoms with Gasteiger partial charge in [0.1, 0.15) is 12.4 Å². The van der Waals surface area contributed by atoms with Crippen molar-refractivity contribution < 1.29 is 19.1 Å². The van der Waals surface area contributed by atoms with E-state index < -0.39 is 0 Å². The van der Waals surface area contributed by atoms with Crippen LogP contribution in [-0.4, -0.2) is 37.2 Å². The van der Waals surface area contributed by atoms with Crippen LogP contribution in [0.3, 0.4) is 0 Å². The lowest BCUT2D eigenvalue weighted by atomic mass is 10.3. The van der Waals surface area contributed by atoms with Crippen LogP contribution in [0.2, 0.25) is 5.02 Å². The molecule has 25 heavy (non-hydrogen) atoms. The SMILES string of the molecule is C=C(CCNC(=O)COc1ccc(Cl)cc1)NC(=O)COC1(C)CC1. The Labute approximate surface area is 152 Å². The van der Waals surface area contributed by atoms with E-state index >= 15 is 0 Å². The summed E-state index contributed by atoms with van der Waals surface area (Å²) in [7, 11) is 0. The van der Waals surface area contributed by atoms with E-state index in [-0.39, 0.29) is 30.6 Å². The summed E-state index contributed by atoms with van der Waals surface area (Å²) in [5, 5.41) is 5.97. The normalized spacial score (nSPS) is 14.5. The number of ether oxygens (including phenoxy) is 2. The van der Waals surface area contributed by atoms with Gasteiger partial charge in [-0.1, -0.05) is 18.2 Å². The van der Waals surface area contributed by atoms with Gasteiger partial charge in [-0.15, -0.1) is 0 Å². The van der Waals surface area contributed by atoms with Crippen LogP contribution in [0.15, 0.2) is 36.5 Å². The van der Waals surface area contributed by atoms with Crippen LogP contribution in [0.5, 0.6) is 5.75 Å². The van der Waals surface area contributed by atoms with Gasteiger partial charge in [0, 0.05) is 23.7 Å². The Morgan fingerprint density at radius 1 is 1.20 bits per heavy atom. The Morgan fingerprint density at radius 3 is 2.52 bits per heavy atom. The Hall–Kier alpha value is -2.05. The first-order valence-corrected chi connectivity index (χ1v) is 8.51. The lowest BCUT2D eigenvalue weighted by Crippen LogP contribution is -2.33. The fourth-order valence-electron chi connectivity index (χ4n) is 1.94. The molecule has 136 valence electrons. The zero-order valence-corrected chi connectivity index (χ0v) is 15.0. The molecule has 1 aliphatic carbocycles. The van der Waals surface area contributed by atoms with Gasteiger partial charge < -0.3 is 20.1 Å². The number of amides is 2. The molecule has 0 atom stereocenters. The minimum absolute atomic E-state index is 0.0246. The van der Waals surface area contributed by atoms with E-state index in [0.717, 1.165) is 12.8 Å². The van der Waals surface area contributed by atoms with Crippen LogP contribution in [0.25, 0.3) is 0 Å². The van der Waals surface area contributed by atoms with Crippen molar-refractivity contribution >= 4 is 23.4 Å². The zero-order chi connectivity index (χ0) is 18.3. The molecule has 1 aliphatic rings. The maximum atomic E-state index is 11.7. The van der Waals surface area contributed by atoms with Gasteiger partial charge in [0.15, 0.2) is 6.61 Å². The van der Waals surface area contributed by atoms with Crippen molar-refractivity contribution in [1.82, 2.24) is 10.6 Å². The second kappa shape index (κ2) is 8.87. The Bertz CT molecular complexity index is 626. The molecule has 6 nitrogen and oxygen atoms in total. The van der Waals surface area contributed by atoms with Crippen LogP contribution in [0, 0.1) is 0 Å². The lowest BCUT2D eigenvalue weighted by Gasteiger charge is -2.12. The first kappa shape index (κ1) is 19.3. The van der Waals surface area contributed by atoms with Gasteiger partial charge in [-0.05, 0) is 44.0 Å². The second-order valence-corrected chi connectivity index (χ2v) is 6.67. The average molecular weight is 367 g/mol. The first-order valence-electron chi connectivity index (χ1n) is 8.13. The first-order chi connectivity index (χ1) is 11.9. The third kappa shape index (κ3) is 7.58. The molecular formula is C18H23ClN2O4. The van der Waals surface area contributed by atoms with Gasteiger partial charge in [0.05, 0.1) is 5.60 Å². The molecule has 0 spiro atoms. The molecule has 1 aromatic rings. The average Bonchev–Trinajstić information content (AvgIpc) is 3.30. The highest BCUT2D eigenvalue weighted by molar-refractivity contribution is 6.30. The number of rotatable bonds is 10. The zero-order valence-electron chi connectivity index (χ0n) is 14.3. The van der Waals surface area contributed by atoms with Gasteiger partial charge in [-0.2, -0.15) is 0 Å². The summed E-state index contributed by atoms with van der Waals surface area (Å²) in [6.07, 6.45) is 2.42. The van der Waals surface area contributed by atoms with Crippen molar-refractivity contribution in [3.8, 4) is 5.75 Å². The van der Waals surface area contributed by atoms with Gasteiger partial charge in [-0.3, -0.25) is 9.59 Å². The lowest BCUT2D eigenvalue weighted by molar-refractivity contribution is -0.127. The van der Waals surface area contributed by atoms with Crippen molar-refractivity contribution in [3.05, 3.63) is 41.6 Å². The Balaban J connectivity index is 1.54. The minimum Gasteiger partial charge on any atom is -0.484 e. The summed E-state index contributed by atoms with van der Waals surface area (Å²) in [6.45, 7) is 6.05. The van der Waals surface area contributed by atoms with E-state index in [4.69, 9.17) is 21.1 Å². The van der Waals surface area contributed by atoms with Gasteiger partial charge in [0.25, 0.3) is 5.91 Å². The number of nitrogens with one attached hydrogen (secondary N) is 2. The minimum atomic E-state index is -0.251. The summed E-state index contributed by atoms with van der Waals surface area (Å²) in [5.74, 6) is 0.0928. The van der Waals surface area contributed by atoms with Crippen LogP contribution in [0.4, 0.5) is 0 Å². The van der Waals surface area contributed by atoms with Gasteiger partial charge in [0.2, 0.25) is 5.91 Å². The van der Waals surface area contributed by atoms with E-state index in [1.807, 2.05) is 6.92 Å². The molecule has 1 aromatic carbocycles. The molecule has 0 heterocycles. The van der Waals surface area contributed by atoms with E-state index in [1.54, 1.807) is 24.3 Å². The van der Waals surface area contributed by atoms with Crippen molar-refractivity contribution in [2.75, 3.05) is 19.8 Å². The second-order valence-electron chi connectivity index (χ2n) is 6.23. The molecule has 2 rings (SSSR count). The van der Waals surface area contributed by atoms with Crippen LogP contribution >= 0.6 is 11.6 Å². The van der Waals surface area contributed by atoms with Crippen LogP contribution < -0.4 is 15.4 Å². The van der Waals surface area contributed by atoms with Crippen molar-refractivity contribution in [2.45, 2.75) is 31.8 Å². The molecule has 0 saturated heterocycles. The molecule has 1 saturated carbocycles. The quantitative estimate of drug-likeness (QED) is 0.666. The molecule has 0 bridgehead atoms. The standard InChI is InChI=1S/C18H23ClN2O4/c1-13(21-17(23)12-25-18(2)8-9-18)7-10-20-16(22)11-24-15-5-3-14(19)4-6-15/h3-6H,1,7-12H2,2H3,(H,20,22)(H,21,23). The number of halogens is 1.